The van der Waals surface area contributed by atoms with Gasteiger partial charge in [0.1, 0.15) is 5.75 Å². The number of nitrogens with one attached hydrogen (secondary N) is 1. The second-order valence-electron chi connectivity index (χ2n) is 5.25. The van der Waals surface area contributed by atoms with Crippen LogP contribution < -0.4 is 14.2 Å². The van der Waals surface area contributed by atoms with Crippen LogP contribution in [0, 0.1) is 6.92 Å². The second kappa shape index (κ2) is 6.11. The van der Waals surface area contributed by atoms with Gasteiger partial charge in [0.15, 0.2) is 4.90 Å². The number of aromatic nitrogens is 2. The van der Waals surface area contributed by atoms with Crippen LogP contribution in [0.4, 0.5) is 5.69 Å². The summed E-state index contributed by atoms with van der Waals surface area (Å²) in [6.07, 6.45) is 2.15. The molecular formula is C15H19N3O4S. The fourth-order valence-electron chi connectivity index (χ4n) is 2.44. The van der Waals surface area contributed by atoms with Gasteiger partial charge in [-0.3, -0.25) is 4.72 Å². The van der Waals surface area contributed by atoms with E-state index in [2.05, 4.69) is 9.82 Å². The van der Waals surface area contributed by atoms with Gasteiger partial charge in [-0.15, -0.1) is 0 Å². The molecule has 1 aromatic heterocycles. The molecule has 0 fully saturated rings. The molecule has 0 unspecified atom stereocenters. The maximum atomic E-state index is 12.6. The smallest absolute Gasteiger partial charge is 0.268 e. The molecule has 0 atom stereocenters. The molecule has 0 bridgehead atoms. The number of sulfonamides is 1. The van der Waals surface area contributed by atoms with Crippen LogP contribution in [0.2, 0.25) is 0 Å². The highest BCUT2D eigenvalue weighted by Gasteiger charge is 2.27. The molecule has 8 heteroatoms. The molecule has 0 radical (unpaired) electrons. The van der Waals surface area contributed by atoms with Gasteiger partial charge in [-0.05, 0) is 37.6 Å². The van der Waals surface area contributed by atoms with Gasteiger partial charge in [0.2, 0.25) is 5.88 Å². The highest BCUT2D eigenvalue weighted by Crippen LogP contribution is 2.30. The molecule has 1 aromatic carbocycles. The molecule has 0 spiro atoms. The van der Waals surface area contributed by atoms with Crippen molar-refractivity contribution in [3.8, 4) is 11.6 Å². The van der Waals surface area contributed by atoms with E-state index in [0.717, 1.165) is 12.0 Å². The number of fused-ring (bicyclic) bond motifs is 1. The van der Waals surface area contributed by atoms with E-state index in [0.29, 0.717) is 37.1 Å². The summed E-state index contributed by atoms with van der Waals surface area (Å²) in [7, 11) is -3.76. The third-order valence-electron chi connectivity index (χ3n) is 3.56. The minimum absolute atomic E-state index is 0.0606. The lowest BCUT2D eigenvalue weighted by atomic mass is 10.2. The Bertz CT molecular complexity index is 814. The maximum absolute atomic E-state index is 12.6. The van der Waals surface area contributed by atoms with Crippen LogP contribution in [0.25, 0.3) is 0 Å². The van der Waals surface area contributed by atoms with E-state index in [4.69, 9.17) is 9.47 Å². The largest absolute Gasteiger partial charge is 0.494 e. The van der Waals surface area contributed by atoms with Crippen molar-refractivity contribution in [1.29, 1.82) is 0 Å². The molecule has 2 heterocycles. The predicted molar refractivity (Wildman–Crippen MR) is 85.5 cm³/mol. The zero-order chi connectivity index (χ0) is 16.4. The normalized spacial score (nSPS) is 14.0. The molecule has 3 rings (SSSR count). The Morgan fingerprint density at radius 1 is 1.43 bits per heavy atom. The predicted octanol–water partition coefficient (Wildman–Crippen LogP) is 2.17. The van der Waals surface area contributed by atoms with Crippen LogP contribution in [0.1, 0.15) is 18.9 Å². The molecule has 1 aliphatic rings. The Morgan fingerprint density at radius 3 is 3.00 bits per heavy atom. The van der Waals surface area contributed by atoms with Gasteiger partial charge in [-0.25, -0.2) is 13.1 Å². The minimum Gasteiger partial charge on any atom is -0.494 e. The van der Waals surface area contributed by atoms with E-state index < -0.39 is 10.0 Å². The summed E-state index contributed by atoms with van der Waals surface area (Å²) in [5.74, 6) is 1.01. The lowest BCUT2D eigenvalue weighted by Gasteiger charge is -2.17. The van der Waals surface area contributed by atoms with E-state index in [1.165, 1.54) is 6.20 Å². The number of hydrogen-bond acceptors (Lipinski definition) is 5. The van der Waals surface area contributed by atoms with Crippen molar-refractivity contribution in [2.24, 2.45) is 0 Å². The van der Waals surface area contributed by atoms with Crippen molar-refractivity contribution in [2.75, 3.05) is 17.9 Å². The number of aryl methyl sites for hydroxylation is 2. The molecule has 0 aliphatic carbocycles. The SMILES string of the molecule is CCOc1ccc(NS(=O)(=O)c2cnn3c2OCCC3)c(C)c1. The third-order valence-corrected chi connectivity index (χ3v) is 4.90. The first-order chi connectivity index (χ1) is 11.0. The summed E-state index contributed by atoms with van der Waals surface area (Å²) in [5.41, 5.74) is 1.28. The van der Waals surface area contributed by atoms with Crippen molar-refractivity contribution in [3.63, 3.8) is 0 Å². The summed E-state index contributed by atoms with van der Waals surface area (Å²) >= 11 is 0. The van der Waals surface area contributed by atoms with Crippen LogP contribution in [0.5, 0.6) is 11.6 Å². The number of rotatable bonds is 5. The highest BCUT2D eigenvalue weighted by atomic mass is 32.2. The van der Waals surface area contributed by atoms with Gasteiger partial charge in [-0.1, -0.05) is 0 Å². The molecule has 124 valence electrons. The van der Waals surface area contributed by atoms with Gasteiger partial charge < -0.3 is 9.47 Å². The molecule has 0 saturated heterocycles. The summed E-state index contributed by atoms with van der Waals surface area (Å²) in [6, 6.07) is 5.22. The zero-order valence-electron chi connectivity index (χ0n) is 13.1. The first-order valence-electron chi connectivity index (χ1n) is 7.46. The van der Waals surface area contributed by atoms with Gasteiger partial charge in [0, 0.05) is 13.0 Å². The van der Waals surface area contributed by atoms with E-state index in [-0.39, 0.29) is 4.90 Å². The first kappa shape index (κ1) is 15.7. The number of nitrogens with zero attached hydrogens (tertiary/aromatic N) is 2. The fraction of sp³-hybridized carbons (Fsp3) is 0.400. The second-order valence-corrected chi connectivity index (χ2v) is 6.91. The Kier molecular flexibility index (Phi) is 4.16. The third kappa shape index (κ3) is 3.12. The average Bonchev–Trinajstić information content (AvgIpc) is 2.95. The van der Waals surface area contributed by atoms with Crippen LogP contribution in [-0.2, 0) is 16.6 Å². The van der Waals surface area contributed by atoms with Gasteiger partial charge in [0.05, 0.1) is 25.1 Å². The lowest BCUT2D eigenvalue weighted by Crippen LogP contribution is -2.19. The van der Waals surface area contributed by atoms with Crippen LogP contribution in [0.15, 0.2) is 29.3 Å². The van der Waals surface area contributed by atoms with Crippen molar-refractivity contribution in [1.82, 2.24) is 9.78 Å². The summed E-state index contributed by atoms with van der Waals surface area (Å²) < 4.78 is 40.3. The van der Waals surface area contributed by atoms with E-state index in [1.807, 2.05) is 13.8 Å². The van der Waals surface area contributed by atoms with Crippen LogP contribution in [0.3, 0.4) is 0 Å². The molecule has 23 heavy (non-hydrogen) atoms. The summed E-state index contributed by atoms with van der Waals surface area (Å²) in [6.45, 7) is 5.44. The monoisotopic (exact) mass is 337 g/mol. The van der Waals surface area contributed by atoms with E-state index in [9.17, 15) is 8.42 Å². The molecular weight excluding hydrogens is 318 g/mol. The van der Waals surface area contributed by atoms with Gasteiger partial charge >= 0.3 is 0 Å². The van der Waals surface area contributed by atoms with Gasteiger partial charge in [-0.2, -0.15) is 5.10 Å². The average molecular weight is 337 g/mol. The quantitative estimate of drug-likeness (QED) is 0.904. The molecule has 1 N–H and O–H groups in total. The minimum atomic E-state index is -3.76. The maximum Gasteiger partial charge on any atom is 0.268 e. The van der Waals surface area contributed by atoms with Gasteiger partial charge in [0.25, 0.3) is 10.0 Å². The zero-order valence-corrected chi connectivity index (χ0v) is 13.9. The van der Waals surface area contributed by atoms with Crippen molar-refractivity contribution in [3.05, 3.63) is 30.0 Å². The van der Waals surface area contributed by atoms with E-state index >= 15 is 0 Å². The Hall–Kier alpha value is -2.22. The topological polar surface area (TPSA) is 82.5 Å². The Labute approximate surface area is 135 Å². The molecule has 2 aromatic rings. The van der Waals surface area contributed by atoms with Crippen LogP contribution >= 0.6 is 0 Å². The number of benzene rings is 1. The summed E-state index contributed by atoms with van der Waals surface area (Å²) in [4.78, 5) is 0.0606. The molecule has 1 aliphatic heterocycles. The standard InChI is InChI=1S/C15H19N3O4S/c1-3-21-12-5-6-13(11(2)9-12)17-23(19,20)14-10-16-18-7-4-8-22-15(14)18/h5-6,9-10,17H,3-4,7-8H2,1-2H3. The van der Waals surface area contributed by atoms with E-state index in [1.54, 1.807) is 22.9 Å². The van der Waals surface area contributed by atoms with Crippen molar-refractivity contribution >= 4 is 15.7 Å². The lowest BCUT2D eigenvalue weighted by molar-refractivity contribution is 0.224. The Balaban J connectivity index is 1.88. The number of hydrogen-bond donors (Lipinski definition) is 1. The fourth-order valence-corrected chi connectivity index (χ4v) is 3.64. The van der Waals surface area contributed by atoms with Crippen molar-refractivity contribution in [2.45, 2.75) is 31.7 Å². The summed E-state index contributed by atoms with van der Waals surface area (Å²) in [5, 5.41) is 4.08. The first-order valence-corrected chi connectivity index (χ1v) is 8.94. The number of anilines is 1. The molecule has 0 saturated carbocycles. The molecule has 7 nitrogen and oxygen atoms in total. The number of ether oxygens (including phenoxy) is 2. The van der Waals surface area contributed by atoms with Crippen molar-refractivity contribution < 1.29 is 17.9 Å². The highest BCUT2D eigenvalue weighted by molar-refractivity contribution is 7.92. The molecule has 0 amide bonds. The van der Waals surface area contributed by atoms with Crippen LogP contribution in [-0.4, -0.2) is 31.4 Å². The Morgan fingerprint density at radius 2 is 2.26 bits per heavy atom.